The molecular formula is C13H14F3N3OS. The molecule has 0 atom stereocenters. The molecule has 21 heavy (non-hydrogen) atoms. The first kappa shape index (κ1) is 17.1. The number of anilines is 1. The molecule has 1 amide bonds. The number of halogens is 3. The minimum atomic E-state index is -4.44. The van der Waals surface area contributed by atoms with Crippen molar-refractivity contribution in [2.75, 3.05) is 18.6 Å². The number of carbonyl (C=O) groups excluding carboxylic acids is 1. The van der Waals surface area contributed by atoms with Crippen LogP contribution in [0.15, 0.2) is 30.4 Å². The molecule has 0 saturated carbocycles. The fraction of sp³-hybridized carbons (Fsp3) is 0.231. The molecule has 114 valence electrons. The van der Waals surface area contributed by atoms with Crippen molar-refractivity contribution in [1.82, 2.24) is 4.72 Å². The van der Waals surface area contributed by atoms with E-state index in [4.69, 9.17) is 5.41 Å². The quantitative estimate of drug-likeness (QED) is 0.444. The lowest BCUT2D eigenvalue weighted by atomic mass is 10.0. The molecule has 4 nitrogen and oxygen atoms in total. The third-order valence-electron chi connectivity index (χ3n) is 2.51. The van der Waals surface area contributed by atoms with Gasteiger partial charge in [-0.1, -0.05) is 18.0 Å². The van der Waals surface area contributed by atoms with Crippen LogP contribution in [0.5, 0.6) is 0 Å². The van der Waals surface area contributed by atoms with E-state index < -0.39 is 17.6 Å². The average Bonchev–Trinajstić information content (AvgIpc) is 2.43. The zero-order valence-electron chi connectivity index (χ0n) is 11.3. The Labute approximate surface area is 124 Å². The van der Waals surface area contributed by atoms with Gasteiger partial charge < -0.3 is 10.7 Å². The maximum absolute atomic E-state index is 12.6. The molecule has 0 spiro atoms. The standard InChI is InChI=1S/C13H14F3N3OS/c1-18-11-7-8(13(14,15)16)3-4-9(11)10(17)5-6-12(20)19-21-2/h3-7,17-18H,1-2H3,(H,19,20)/b6-5+,17-10?. The Morgan fingerprint density at radius 1 is 1.33 bits per heavy atom. The third kappa shape index (κ3) is 4.82. The van der Waals surface area contributed by atoms with Crippen molar-refractivity contribution in [1.29, 1.82) is 5.41 Å². The van der Waals surface area contributed by atoms with Crippen molar-refractivity contribution in [3.05, 3.63) is 41.5 Å². The third-order valence-corrected chi connectivity index (χ3v) is 2.92. The number of alkyl halides is 3. The van der Waals surface area contributed by atoms with Gasteiger partial charge in [-0.05, 0) is 18.2 Å². The lowest BCUT2D eigenvalue weighted by molar-refractivity contribution is -0.137. The summed E-state index contributed by atoms with van der Waals surface area (Å²) in [6.07, 6.45) is -0.392. The van der Waals surface area contributed by atoms with Gasteiger partial charge >= 0.3 is 6.18 Å². The fourth-order valence-corrected chi connectivity index (χ4v) is 1.81. The normalized spacial score (nSPS) is 11.5. The number of hydrogen-bond acceptors (Lipinski definition) is 4. The van der Waals surface area contributed by atoms with Gasteiger partial charge in [0.25, 0.3) is 5.91 Å². The summed E-state index contributed by atoms with van der Waals surface area (Å²) in [5, 5.41) is 10.5. The molecule has 0 radical (unpaired) electrons. The van der Waals surface area contributed by atoms with Gasteiger partial charge in [-0.3, -0.25) is 9.52 Å². The van der Waals surface area contributed by atoms with E-state index in [1.165, 1.54) is 19.2 Å². The van der Waals surface area contributed by atoms with Crippen LogP contribution in [-0.2, 0) is 11.0 Å². The summed E-state index contributed by atoms with van der Waals surface area (Å²) in [5.41, 5.74) is -0.416. The van der Waals surface area contributed by atoms with Crippen molar-refractivity contribution >= 4 is 29.3 Å². The van der Waals surface area contributed by atoms with Gasteiger partial charge in [0.2, 0.25) is 0 Å². The maximum atomic E-state index is 12.6. The molecule has 1 rings (SSSR count). The van der Waals surface area contributed by atoms with Gasteiger partial charge in [0.15, 0.2) is 0 Å². The predicted octanol–water partition coefficient (Wildman–Crippen LogP) is 3.07. The van der Waals surface area contributed by atoms with E-state index in [0.29, 0.717) is 0 Å². The van der Waals surface area contributed by atoms with E-state index in [2.05, 4.69) is 10.0 Å². The molecule has 0 fully saturated rings. The van der Waals surface area contributed by atoms with Crippen molar-refractivity contribution < 1.29 is 18.0 Å². The zero-order chi connectivity index (χ0) is 16.0. The number of carbonyl (C=O) groups is 1. The van der Waals surface area contributed by atoms with Crippen molar-refractivity contribution in [2.45, 2.75) is 6.18 Å². The SMILES string of the molecule is CNc1cc(C(F)(F)F)ccc1C(=N)/C=C/C(=O)NSC. The summed E-state index contributed by atoms with van der Waals surface area (Å²) < 4.78 is 40.3. The number of amides is 1. The Hall–Kier alpha value is -1.96. The Balaban J connectivity index is 3.03. The summed E-state index contributed by atoms with van der Waals surface area (Å²) in [5.74, 6) is -0.398. The highest BCUT2D eigenvalue weighted by Gasteiger charge is 2.31. The molecule has 0 aliphatic heterocycles. The van der Waals surface area contributed by atoms with Crippen molar-refractivity contribution in [2.24, 2.45) is 0 Å². The van der Waals surface area contributed by atoms with E-state index in [9.17, 15) is 18.0 Å². The summed E-state index contributed by atoms with van der Waals surface area (Å²) in [6.45, 7) is 0. The number of allylic oxidation sites excluding steroid dienone is 1. The highest BCUT2D eigenvalue weighted by molar-refractivity contribution is 7.97. The summed E-state index contributed by atoms with van der Waals surface area (Å²) in [6, 6.07) is 3.04. The van der Waals surface area contributed by atoms with Crippen LogP contribution in [0.3, 0.4) is 0 Å². The van der Waals surface area contributed by atoms with E-state index in [1.54, 1.807) is 6.26 Å². The second-order valence-electron chi connectivity index (χ2n) is 3.93. The monoisotopic (exact) mass is 317 g/mol. The highest BCUT2D eigenvalue weighted by atomic mass is 32.2. The Morgan fingerprint density at radius 2 is 2.00 bits per heavy atom. The second-order valence-corrected chi connectivity index (χ2v) is 4.54. The molecule has 0 bridgehead atoms. The Bertz CT molecular complexity index is 570. The van der Waals surface area contributed by atoms with E-state index in [0.717, 1.165) is 30.2 Å². The van der Waals surface area contributed by atoms with Gasteiger partial charge in [0.1, 0.15) is 0 Å². The van der Waals surface area contributed by atoms with Gasteiger partial charge in [-0.2, -0.15) is 13.2 Å². The lowest BCUT2D eigenvalue weighted by Crippen LogP contribution is -2.12. The topological polar surface area (TPSA) is 65.0 Å². The first-order valence-corrected chi connectivity index (χ1v) is 7.01. The van der Waals surface area contributed by atoms with Crippen LogP contribution in [-0.4, -0.2) is 24.9 Å². The molecular weight excluding hydrogens is 303 g/mol. The summed E-state index contributed by atoms with van der Waals surface area (Å²) in [4.78, 5) is 11.2. The first-order chi connectivity index (χ1) is 9.79. The van der Waals surface area contributed by atoms with Crippen LogP contribution >= 0.6 is 11.9 Å². The summed E-state index contributed by atoms with van der Waals surface area (Å²) >= 11 is 1.11. The molecule has 0 aromatic heterocycles. The van der Waals surface area contributed by atoms with Crippen LogP contribution in [0.4, 0.5) is 18.9 Å². The van der Waals surface area contributed by atoms with Gasteiger partial charge in [-0.25, -0.2) is 0 Å². The van der Waals surface area contributed by atoms with Crippen LogP contribution in [0.2, 0.25) is 0 Å². The molecule has 0 aliphatic rings. The summed E-state index contributed by atoms with van der Waals surface area (Å²) in [7, 11) is 1.47. The lowest BCUT2D eigenvalue weighted by Gasteiger charge is -2.12. The number of hydrogen-bond donors (Lipinski definition) is 3. The maximum Gasteiger partial charge on any atom is 0.416 e. The molecule has 0 unspecified atom stereocenters. The Morgan fingerprint density at radius 3 is 2.52 bits per heavy atom. The molecule has 3 N–H and O–H groups in total. The van der Waals surface area contributed by atoms with Crippen LogP contribution < -0.4 is 10.0 Å². The first-order valence-electron chi connectivity index (χ1n) is 5.78. The smallest absolute Gasteiger partial charge is 0.388 e. The number of rotatable bonds is 5. The molecule has 0 aliphatic carbocycles. The van der Waals surface area contributed by atoms with E-state index >= 15 is 0 Å². The minimum absolute atomic E-state index is 0.0654. The number of benzene rings is 1. The average molecular weight is 317 g/mol. The van der Waals surface area contributed by atoms with Crippen molar-refractivity contribution in [3.8, 4) is 0 Å². The van der Waals surface area contributed by atoms with Crippen LogP contribution in [0, 0.1) is 5.41 Å². The fourth-order valence-electron chi connectivity index (χ4n) is 1.55. The van der Waals surface area contributed by atoms with Crippen LogP contribution in [0.25, 0.3) is 0 Å². The van der Waals surface area contributed by atoms with Crippen molar-refractivity contribution in [3.63, 3.8) is 0 Å². The van der Waals surface area contributed by atoms with Gasteiger partial charge in [-0.15, -0.1) is 0 Å². The second kappa shape index (κ2) is 7.16. The van der Waals surface area contributed by atoms with E-state index in [1.807, 2.05) is 0 Å². The molecule has 0 heterocycles. The van der Waals surface area contributed by atoms with Gasteiger partial charge in [0.05, 0.1) is 11.3 Å². The highest BCUT2D eigenvalue weighted by Crippen LogP contribution is 2.32. The molecule has 8 heteroatoms. The van der Waals surface area contributed by atoms with Gasteiger partial charge in [0, 0.05) is 30.6 Å². The molecule has 0 saturated heterocycles. The molecule has 1 aromatic rings. The minimum Gasteiger partial charge on any atom is -0.388 e. The molecule has 1 aromatic carbocycles. The zero-order valence-corrected chi connectivity index (χ0v) is 12.2. The predicted molar refractivity (Wildman–Crippen MR) is 78.6 cm³/mol. The van der Waals surface area contributed by atoms with Crippen LogP contribution in [0.1, 0.15) is 11.1 Å². The number of nitrogens with one attached hydrogen (secondary N) is 3. The Kier molecular flexibility index (Phi) is 5.83. The largest absolute Gasteiger partial charge is 0.416 e. The van der Waals surface area contributed by atoms with E-state index in [-0.39, 0.29) is 17.0 Å².